The number of aliphatic hydroxyl groups is 1. The van der Waals surface area contributed by atoms with E-state index in [1.165, 1.54) is 0 Å². The maximum atomic E-state index is 13.0. The third-order valence-corrected chi connectivity index (χ3v) is 6.18. The van der Waals surface area contributed by atoms with Gasteiger partial charge in [0, 0.05) is 57.5 Å². The third-order valence-electron chi connectivity index (χ3n) is 6.18. The minimum Gasteiger partial charge on any atom is -0.508 e. The van der Waals surface area contributed by atoms with Crippen molar-refractivity contribution < 1.29 is 15.0 Å². The van der Waals surface area contributed by atoms with E-state index in [1.54, 1.807) is 18.2 Å². The van der Waals surface area contributed by atoms with Crippen molar-refractivity contribution in [1.82, 2.24) is 14.7 Å². The molecule has 0 spiro atoms. The van der Waals surface area contributed by atoms with E-state index in [0.29, 0.717) is 17.5 Å². The Balaban J connectivity index is 1.69. The lowest BCUT2D eigenvalue weighted by Gasteiger charge is -2.46. The molecule has 2 N–H and O–H groups in total. The maximum absolute atomic E-state index is 13.0. The molecule has 1 aromatic rings. The average molecular weight is 376 g/mol. The standard InChI is InChI=1S/C21H33N3O3/c1-16-5-6-17(14-20(16)26)21(27)24-8-7-19(18(15-24)4-3-13-25)23-11-9-22(2)10-12-23/h5-6,14,18-19,25-26H,3-4,7-13,15H2,1-2H3/t18-,19+/m0/s1. The first-order valence-electron chi connectivity index (χ1n) is 10.1. The predicted molar refractivity (Wildman–Crippen MR) is 106 cm³/mol. The molecule has 6 heteroatoms. The average Bonchev–Trinajstić information content (AvgIpc) is 2.68. The molecule has 0 aliphatic carbocycles. The van der Waals surface area contributed by atoms with Crippen molar-refractivity contribution in [2.75, 3.05) is 52.9 Å². The SMILES string of the molecule is Cc1ccc(C(=O)N2CC[C@@H](N3CCN(C)CC3)[C@@H](CCCO)C2)cc1O. The monoisotopic (exact) mass is 375 g/mol. The van der Waals surface area contributed by atoms with Crippen molar-refractivity contribution in [3.8, 4) is 5.75 Å². The topological polar surface area (TPSA) is 67.3 Å². The minimum absolute atomic E-state index is 0.00359. The summed E-state index contributed by atoms with van der Waals surface area (Å²) in [4.78, 5) is 19.8. The fourth-order valence-electron chi connectivity index (χ4n) is 4.40. The number of aryl methyl sites for hydroxylation is 1. The summed E-state index contributed by atoms with van der Waals surface area (Å²) in [6.07, 6.45) is 2.70. The van der Waals surface area contributed by atoms with Gasteiger partial charge < -0.3 is 20.0 Å². The smallest absolute Gasteiger partial charge is 0.253 e. The molecule has 0 radical (unpaired) electrons. The predicted octanol–water partition coefficient (Wildman–Crippen LogP) is 1.55. The van der Waals surface area contributed by atoms with Crippen molar-refractivity contribution >= 4 is 5.91 Å². The Morgan fingerprint density at radius 2 is 1.93 bits per heavy atom. The van der Waals surface area contributed by atoms with E-state index in [4.69, 9.17) is 0 Å². The van der Waals surface area contributed by atoms with Gasteiger partial charge in [0.15, 0.2) is 0 Å². The highest BCUT2D eigenvalue weighted by Gasteiger charge is 2.35. The number of carbonyl (C=O) groups excluding carboxylic acids is 1. The van der Waals surface area contributed by atoms with Gasteiger partial charge in [0.05, 0.1) is 0 Å². The van der Waals surface area contributed by atoms with Crippen LogP contribution >= 0.6 is 0 Å². The zero-order valence-electron chi connectivity index (χ0n) is 16.6. The molecule has 1 aromatic carbocycles. The third kappa shape index (κ3) is 4.81. The van der Waals surface area contributed by atoms with Crippen LogP contribution in [0.5, 0.6) is 5.75 Å². The molecule has 0 aromatic heterocycles. The van der Waals surface area contributed by atoms with Crippen molar-refractivity contribution in [1.29, 1.82) is 0 Å². The highest BCUT2D eigenvalue weighted by atomic mass is 16.3. The zero-order valence-corrected chi connectivity index (χ0v) is 16.6. The Bertz CT molecular complexity index is 644. The van der Waals surface area contributed by atoms with Crippen LogP contribution in [0.1, 0.15) is 35.2 Å². The minimum atomic E-state index is -0.00359. The van der Waals surface area contributed by atoms with Crippen LogP contribution in [-0.2, 0) is 0 Å². The van der Waals surface area contributed by atoms with Gasteiger partial charge in [0.25, 0.3) is 5.91 Å². The van der Waals surface area contributed by atoms with E-state index in [1.807, 2.05) is 11.8 Å². The lowest BCUT2D eigenvalue weighted by molar-refractivity contribution is 0.0217. The molecule has 3 rings (SSSR count). The van der Waals surface area contributed by atoms with Crippen molar-refractivity contribution in [2.45, 2.75) is 32.2 Å². The number of rotatable bonds is 5. The lowest BCUT2D eigenvalue weighted by atomic mass is 9.86. The quantitative estimate of drug-likeness (QED) is 0.817. The first-order valence-corrected chi connectivity index (χ1v) is 10.1. The number of carbonyl (C=O) groups is 1. The number of piperidine rings is 1. The van der Waals surface area contributed by atoms with Gasteiger partial charge in [-0.05, 0) is 56.8 Å². The van der Waals surface area contributed by atoms with Gasteiger partial charge in [0.2, 0.25) is 0 Å². The fraction of sp³-hybridized carbons (Fsp3) is 0.667. The summed E-state index contributed by atoms with van der Waals surface area (Å²) in [6.45, 7) is 7.85. The van der Waals surface area contributed by atoms with Crippen LogP contribution < -0.4 is 0 Å². The van der Waals surface area contributed by atoms with Gasteiger partial charge >= 0.3 is 0 Å². The molecule has 6 nitrogen and oxygen atoms in total. The summed E-state index contributed by atoms with van der Waals surface area (Å²) in [5, 5.41) is 19.2. The number of benzene rings is 1. The number of nitrogens with zero attached hydrogens (tertiary/aromatic N) is 3. The van der Waals surface area contributed by atoms with Crippen molar-refractivity contribution in [2.24, 2.45) is 5.92 Å². The number of amides is 1. The number of hydrogen-bond acceptors (Lipinski definition) is 5. The summed E-state index contributed by atoms with van der Waals surface area (Å²) < 4.78 is 0. The highest BCUT2D eigenvalue weighted by molar-refractivity contribution is 5.94. The molecule has 2 aliphatic heterocycles. The first-order chi connectivity index (χ1) is 13.0. The summed E-state index contributed by atoms with van der Waals surface area (Å²) in [7, 11) is 2.17. The molecule has 2 atom stereocenters. The Morgan fingerprint density at radius 1 is 1.19 bits per heavy atom. The van der Waals surface area contributed by atoms with E-state index in [9.17, 15) is 15.0 Å². The Hall–Kier alpha value is -1.63. The molecule has 0 bridgehead atoms. The highest BCUT2D eigenvalue weighted by Crippen LogP contribution is 2.28. The number of phenols is 1. The van der Waals surface area contributed by atoms with E-state index in [2.05, 4.69) is 16.8 Å². The number of hydrogen-bond donors (Lipinski definition) is 2. The number of likely N-dealkylation sites (tertiary alicyclic amines) is 1. The van der Waals surface area contributed by atoms with Gasteiger partial charge in [-0.2, -0.15) is 0 Å². The molecule has 27 heavy (non-hydrogen) atoms. The summed E-state index contributed by atoms with van der Waals surface area (Å²) in [5.74, 6) is 0.554. The number of piperazine rings is 1. The summed E-state index contributed by atoms with van der Waals surface area (Å²) >= 11 is 0. The van der Waals surface area contributed by atoms with Crippen molar-refractivity contribution in [3.05, 3.63) is 29.3 Å². The van der Waals surface area contributed by atoms with Crippen molar-refractivity contribution in [3.63, 3.8) is 0 Å². The normalized spacial score (nSPS) is 24.9. The van der Waals surface area contributed by atoms with Gasteiger partial charge in [0.1, 0.15) is 5.75 Å². The molecule has 2 heterocycles. The molecule has 0 unspecified atom stereocenters. The molecule has 2 aliphatic rings. The molecule has 2 fully saturated rings. The van der Waals surface area contributed by atoms with Crippen LogP contribution in [0.2, 0.25) is 0 Å². The Labute approximate surface area is 162 Å². The second-order valence-electron chi connectivity index (χ2n) is 8.07. The molecule has 0 saturated carbocycles. The number of likely N-dealkylation sites (N-methyl/N-ethyl adjacent to an activating group) is 1. The second-order valence-corrected chi connectivity index (χ2v) is 8.07. The Morgan fingerprint density at radius 3 is 2.59 bits per heavy atom. The summed E-state index contributed by atoms with van der Waals surface area (Å²) in [5.41, 5.74) is 1.33. The largest absolute Gasteiger partial charge is 0.508 e. The van der Waals surface area contributed by atoms with E-state index in [-0.39, 0.29) is 18.3 Å². The Kier molecular flexibility index (Phi) is 6.73. The number of phenolic OH excluding ortho intramolecular Hbond substituents is 1. The van der Waals surface area contributed by atoms with Crippen LogP contribution in [-0.4, -0.2) is 89.8 Å². The second kappa shape index (κ2) is 9.04. The number of aliphatic hydroxyl groups excluding tert-OH is 1. The van der Waals surface area contributed by atoms with E-state index < -0.39 is 0 Å². The van der Waals surface area contributed by atoms with Crippen LogP contribution in [0.25, 0.3) is 0 Å². The fourth-order valence-corrected chi connectivity index (χ4v) is 4.40. The van der Waals surface area contributed by atoms with Crippen LogP contribution in [0, 0.1) is 12.8 Å². The van der Waals surface area contributed by atoms with Gasteiger partial charge in [-0.25, -0.2) is 0 Å². The maximum Gasteiger partial charge on any atom is 0.253 e. The molecular weight excluding hydrogens is 342 g/mol. The van der Waals surface area contributed by atoms with Crippen LogP contribution in [0.15, 0.2) is 18.2 Å². The van der Waals surface area contributed by atoms with Gasteiger partial charge in [-0.3, -0.25) is 9.69 Å². The summed E-state index contributed by atoms with van der Waals surface area (Å²) in [6, 6.07) is 5.66. The van der Waals surface area contributed by atoms with E-state index >= 15 is 0 Å². The zero-order chi connectivity index (χ0) is 19.4. The van der Waals surface area contributed by atoms with Crippen LogP contribution in [0.4, 0.5) is 0 Å². The molecular formula is C21H33N3O3. The number of aromatic hydroxyl groups is 1. The molecule has 1 amide bonds. The van der Waals surface area contributed by atoms with Crippen LogP contribution in [0.3, 0.4) is 0 Å². The van der Waals surface area contributed by atoms with Gasteiger partial charge in [-0.15, -0.1) is 0 Å². The molecule has 150 valence electrons. The van der Waals surface area contributed by atoms with Gasteiger partial charge in [-0.1, -0.05) is 6.07 Å². The van der Waals surface area contributed by atoms with E-state index in [0.717, 1.165) is 64.1 Å². The lowest BCUT2D eigenvalue weighted by Crippen LogP contribution is -2.56. The molecule has 2 saturated heterocycles. The first kappa shape index (κ1) is 20.1.